The van der Waals surface area contributed by atoms with Crippen molar-refractivity contribution in [2.24, 2.45) is 0 Å². The maximum Gasteiger partial charge on any atom is 0.356 e. The number of aromatic nitrogens is 1. The van der Waals surface area contributed by atoms with Gasteiger partial charge < -0.3 is 5.11 Å². The Morgan fingerprint density at radius 2 is 2.11 bits per heavy atom. The maximum absolute atomic E-state index is 13.7. The Labute approximate surface area is 116 Å². The van der Waals surface area contributed by atoms with E-state index in [1.165, 1.54) is 19.1 Å². The number of carboxylic acid groups (broad SMARTS) is 1. The number of aromatic carboxylic acids is 1. The Kier molecular flexibility index (Phi) is 3.64. The number of halogens is 2. The van der Waals surface area contributed by atoms with Crippen LogP contribution in [-0.2, 0) is 0 Å². The molecule has 2 aromatic rings. The van der Waals surface area contributed by atoms with Crippen molar-refractivity contribution in [2.75, 3.05) is 0 Å². The van der Waals surface area contributed by atoms with Crippen molar-refractivity contribution in [3.8, 4) is 10.6 Å². The Balaban J connectivity index is 2.64. The second-order valence-electron chi connectivity index (χ2n) is 3.68. The molecule has 4 nitrogen and oxygen atoms in total. The van der Waals surface area contributed by atoms with E-state index in [0.717, 1.165) is 17.4 Å². The van der Waals surface area contributed by atoms with Crippen LogP contribution in [0.1, 0.15) is 27.1 Å². The number of carboxylic acids is 1. The number of hydrogen-bond donors (Lipinski definition) is 1. The molecule has 0 radical (unpaired) electrons. The molecule has 0 unspecified atom stereocenters. The van der Waals surface area contributed by atoms with Gasteiger partial charge in [-0.05, 0) is 18.2 Å². The quantitative estimate of drug-likeness (QED) is 0.881. The molecule has 0 aliphatic heterocycles. The molecule has 0 spiro atoms. The van der Waals surface area contributed by atoms with E-state index in [0.29, 0.717) is 5.02 Å². The minimum atomic E-state index is -1.32. The molecule has 1 aromatic carbocycles. The van der Waals surface area contributed by atoms with Crippen LogP contribution in [0.25, 0.3) is 10.6 Å². The number of Topliss-reactive ketones (excluding diaryl/α,β-unsaturated/α-hetero) is 1. The number of ketones is 1. The second kappa shape index (κ2) is 5.07. The third kappa shape index (κ3) is 2.64. The van der Waals surface area contributed by atoms with Crippen LogP contribution >= 0.6 is 22.9 Å². The van der Waals surface area contributed by atoms with Crippen LogP contribution in [0.3, 0.4) is 0 Å². The molecular formula is C12H7ClFNO3S. The van der Waals surface area contributed by atoms with Gasteiger partial charge in [-0.1, -0.05) is 11.6 Å². The third-order valence-corrected chi connectivity index (χ3v) is 3.73. The number of hydrogen-bond acceptors (Lipinski definition) is 4. The molecule has 0 fully saturated rings. The fourth-order valence-electron chi connectivity index (χ4n) is 1.48. The van der Waals surface area contributed by atoms with Crippen molar-refractivity contribution < 1.29 is 19.1 Å². The molecule has 1 heterocycles. The first-order valence-corrected chi connectivity index (χ1v) is 6.30. The van der Waals surface area contributed by atoms with Crippen molar-refractivity contribution in [1.82, 2.24) is 4.98 Å². The van der Waals surface area contributed by atoms with E-state index in [-0.39, 0.29) is 21.1 Å². The minimum Gasteiger partial charge on any atom is -0.476 e. The van der Waals surface area contributed by atoms with Crippen LogP contribution in [0.15, 0.2) is 18.2 Å². The van der Waals surface area contributed by atoms with Gasteiger partial charge in [-0.2, -0.15) is 0 Å². The molecule has 0 aliphatic carbocycles. The summed E-state index contributed by atoms with van der Waals surface area (Å²) < 4.78 is 13.7. The van der Waals surface area contributed by atoms with Crippen molar-refractivity contribution >= 4 is 34.7 Å². The molecule has 0 aliphatic rings. The highest BCUT2D eigenvalue weighted by Gasteiger charge is 2.22. The largest absolute Gasteiger partial charge is 0.476 e. The van der Waals surface area contributed by atoms with Gasteiger partial charge in [-0.25, -0.2) is 14.2 Å². The van der Waals surface area contributed by atoms with Crippen LogP contribution in [0.5, 0.6) is 0 Å². The van der Waals surface area contributed by atoms with Gasteiger partial charge in [-0.3, -0.25) is 4.79 Å². The topological polar surface area (TPSA) is 67.3 Å². The number of benzene rings is 1. The Morgan fingerprint density at radius 1 is 1.42 bits per heavy atom. The van der Waals surface area contributed by atoms with Crippen LogP contribution in [0.4, 0.5) is 4.39 Å². The summed E-state index contributed by atoms with van der Waals surface area (Å²) >= 11 is 6.60. The maximum atomic E-state index is 13.7. The average Bonchev–Trinajstić information content (AvgIpc) is 2.77. The summed E-state index contributed by atoms with van der Waals surface area (Å²) in [4.78, 5) is 26.1. The normalized spacial score (nSPS) is 10.5. The predicted molar refractivity (Wildman–Crippen MR) is 69.5 cm³/mol. The van der Waals surface area contributed by atoms with Crippen molar-refractivity contribution in [1.29, 1.82) is 0 Å². The Morgan fingerprint density at radius 3 is 2.63 bits per heavy atom. The van der Waals surface area contributed by atoms with E-state index >= 15 is 0 Å². The molecule has 2 rings (SSSR count). The van der Waals surface area contributed by atoms with Gasteiger partial charge in [0.1, 0.15) is 15.7 Å². The zero-order valence-electron chi connectivity index (χ0n) is 9.61. The molecule has 0 bridgehead atoms. The van der Waals surface area contributed by atoms with E-state index in [2.05, 4.69) is 4.98 Å². The summed E-state index contributed by atoms with van der Waals surface area (Å²) in [5, 5.41) is 9.38. The Hall–Kier alpha value is -1.79. The van der Waals surface area contributed by atoms with Crippen molar-refractivity contribution in [2.45, 2.75) is 6.92 Å². The van der Waals surface area contributed by atoms with Crippen LogP contribution < -0.4 is 0 Å². The first-order chi connectivity index (χ1) is 8.90. The molecular weight excluding hydrogens is 293 g/mol. The van der Waals surface area contributed by atoms with Gasteiger partial charge in [0.25, 0.3) is 0 Å². The van der Waals surface area contributed by atoms with E-state index in [9.17, 15) is 14.0 Å². The zero-order valence-corrected chi connectivity index (χ0v) is 11.2. The fraction of sp³-hybridized carbons (Fsp3) is 0.0833. The smallest absolute Gasteiger partial charge is 0.356 e. The van der Waals surface area contributed by atoms with Gasteiger partial charge in [0.15, 0.2) is 11.5 Å². The first kappa shape index (κ1) is 13.6. The SMILES string of the molecule is CC(=O)c1sc(-c2cc(Cl)ccc2F)nc1C(=O)O. The first-order valence-electron chi connectivity index (χ1n) is 5.10. The fourth-order valence-corrected chi connectivity index (χ4v) is 2.62. The monoisotopic (exact) mass is 299 g/mol. The lowest BCUT2D eigenvalue weighted by Gasteiger charge is -1.98. The molecule has 0 saturated carbocycles. The van der Waals surface area contributed by atoms with E-state index in [1.54, 1.807) is 0 Å². The average molecular weight is 300 g/mol. The summed E-state index contributed by atoms with van der Waals surface area (Å²) in [5.74, 6) is -2.33. The van der Waals surface area contributed by atoms with E-state index in [4.69, 9.17) is 16.7 Å². The summed E-state index contributed by atoms with van der Waals surface area (Å²) in [6, 6.07) is 3.87. The zero-order chi connectivity index (χ0) is 14.2. The third-order valence-electron chi connectivity index (χ3n) is 2.31. The van der Waals surface area contributed by atoms with Gasteiger partial charge in [-0.15, -0.1) is 11.3 Å². The molecule has 0 saturated heterocycles. The summed E-state index contributed by atoms with van der Waals surface area (Å²) in [5.41, 5.74) is -0.292. The molecule has 1 N–H and O–H groups in total. The van der Waals surface area contributed by atoms with Crippen LogP contribution in [-0.4, -0.2) is 21.8 Å². The lowest BCUT2D eigenvalue weighted by molar-refractivity contribution is 0.0687. The molecule has 7 heteroatoms. The predicted octanol–water partition coefficient (Wildman–Crippen LogP) is 3.50. The van der Waals surface area contributed by atoms with E-state index in [1.807, 2.05) is 0 Å². The number of carbonyl (C=O) groups is 2. The highest BCUT2D eigenvalue weighted by Crippen LogP contribution is 2.32. The molecule has 19 heavy (non-hydrogen) atoms. The van der Waals surface area contributed by atoms with Crippen molar-refractivity contribution in [3.05, 3.63) is 39.6 Å². The number of nitrogens with zero attached hydrogens (tertiary/aromatic N) is 1. The molecule has 1 aromatic heterocycles. The van der Waals surface area contributed by atoms with Gasteiger partial charge in [0.05, 0.1) is 0 Å². The second-order valence-corrected chi connectivity index (χ2v) is 5.12. The lowest BCUT2D eigenvalue weighted by Crippen LogP contribution is -2.03. The summed E-state index contributed by atoms with van der Waals surface area (Å²) in [6.45, 7) is 1.23. The highest BCUT2D eigenvalue weighted by atomic mass is 35.5. The van der Waals surface area contributed by atoms with Gasteiger partial charge in [0.2, 0.25) is 0 Å². The Bertz CT molecular complexity index is 652. The standard InChI is InChI=1S/C12H7ClFNO3S/c1-5(16)10-9(12(17)18)15-11(19-10)7-4-6(13)2-3-8(7)14/h2-4H,1H3,(H,17,18). The van der Waals surface area contributed by atoms with Gasteiger partial charge in [0, 0.05) is 17.5 Å². The molecule has 0 atom stereocenters. The molecule has 98 valence electrons. The molecule has 0 amide bonds. The van der Waals surface area contributed by atoms with E-state index < -0.39 is 17.6 Å². The summed E-state index contributed by atoms with van der Waals surface area (Å²) in [7, 11) is 0. The van der Waals surface area contributed by atoms with Crippen LogP contribution in [0, 0.1) is 5.82 Å². The minimum absolute atomic E-state index is 0.0122. The number of carbonyl (C=O) groups excluding carboxylic acids is 1. The summed E-state index contributed by atoms with van der Waals surface area (Å²) in [6.07, 6.45) is 0. The highest BCUT2D eigenvalue weighted by molar-refractivity contribution is 7.17. The number of rotatable bonds is 3. The van der Waals surface area contributed by atoms with Crippen molar-refractivity contribution in [3.63, 3.8) is 0 Å². The van der Waals surface area contributed by atoms with Gasteiger partial charge >= 0.3 is 5.97 Å². The lowest BCUT2D eigenvalue weighted by atomic mass is 10.2. The number of thiazole rings is 1. The van der Waals surface area contributed by atoms with Crippen LogP contribution in [0.2, 0.25) is 5.02 Å².